The predicted octanol–water partition coefficient (Wildman–Crippen LogP) is 2.52. The van der Waals surface area contributed by atoms with Gasteiger partial charge in [-0.2, -0.15) is 0 Å². The molecule has 0 aliphatic carbocycles. The predicted molar refractivity (Wildman–Crippen MR) is 76.5 cm³/mol. The monoisotopic (exact) mass is 280 g/mol. The van der Waals surface area contributed by atoms with Gasteiger partial charge in [0.15, 0.2) is 0 Å². The fourth-order valence-corrected chi connectivity index (χ4v) is 1.43. The molecule has 1 heterocycles. The van der Waals surface area contributed by atoms with Gasteiger partial charge in [-0.15, -0.1) is 0 Å². The molecule has 0 atom stereocenters. The highest BCUT2D eigenvalue weighted by Gasteiger charge is 2.08. The van der Waals surface area contributed by atoms with Crippen LogP contribution >= 0.6 is 12.2 Å². The molecule has 0 aromatic carbocycles. The van der Waals surface area contributed by atoms with Gasteiger partial charge in [0.1, 0.15) is 5.82 Å². The van der Waals surface area contributed by atoms with Crippen LogP contribution in [0, 0.1) is 5.92 Å². The molecule has 0 aliphatic rings. The molecule has 6 heteroatoms. The number of nitrogens with zero attached hydrogens (tertiary/aromatic N) is 1. The number of hydrogen-bond acceptors (Lipinski definition) is 4. The van der Waals surface area contributed by atoms with Gasteiger partial charge in [-0.3, -0.25) is 4.79 Å². The van der Waals surface area contributed by atoms with E-state index in [0.29, 0.717) is 18.7 Å². The van der Waals surface area contributed by atoms with Crippen LogP contribution in [0.15, 0.2) is 18.3 Å². The fourth-order valence-electron chi connectivity index (χ4n) is 1.33. The van der Waals surface area contributed by atoms with Crippen LogP contribution < -0.4 is 5.32 Å². The van der Waals surface area contributed by atoms with Crippen molar-refractivity contribution in [2.45, 2.75) is 26.7 Å². The Morgan fingerprint density at radius 3 is 2.53 bits per heavy atom. The molecule has 0 saturated heterocycles. The average Bonchev–Trinajstić information content (AvgIpc) is 2.36. The number of pyridine rings is 1. The molecule has 0 radical (unpaired) electrons. The van der Waals surface area contributed by atoms with Gasteiger partial charge in [0.25, 0.3) is 0 Å². The first-order chi connectivity index (χ1) is 8.90. The summed E-state index contributed by atoms with van der Waals surface area (Å²) in [6, 6.07) is 2.85. The average molecular weight is 280 g/mol. The van der Waals surface area contributed by atoms with E-state index in [-0.39, 0.29) is 17.4 Å². The zero-order valence-corrected chi connectivity index (χ0v) is 11.7. The summed E-state index contributed by atoms with van der Waals surface area (Å²) in [4.78, 5) is 27.0. The van der Waals surface area contributed by atoms with Gasteiger partial charge in [0.2, 0.25) is 5.91 Å². The number of carboxylic acid groups (broad SMARTS) is 1. The Labute approximate surface area is 117 Å². The van der Waals surface area contributed by atoms with Crippen molar-refractivity contribution < 1.29 is 14.7 Å². The fraction of sp³-hybridized carbons (Fsp3) is 0.385. The van der Waals surface area contributed by atoms with Crippen molar-refractivity contribution in [2.75, 3.05) is 5.32 Å². The Morgan fingerprint density at radius 2 is 2.05 bits per heavy atom. The van der Waals surface area contributed by atoms with E-state index in [1.54, 1.807) is 0 Å². The molecule has 5 nitrogen and oxygen atoms in total. The second-order valence-corrected chi connectivity index (χ2v) is 4.93. The smallest absolute Gasteiger partial charge is 0.337 e. The van der Waals surface area contributed by atoms with E-state index >= 15 is 0 Å². The van der Waals surface area contributed by atoms with Crippen molar-refractivity contribution in [2.24, 2.45) is 5.92 Å². The first kappa shape index (κ1) is 15.2. The maximum absolute atomic E-state index is 11.6. The van der Waals surface area contributed by atoms with E-state index < -0.39 is 5.97 Å². The molecule has 19 heavy (non-hydrogen) atoms. The molecule has 0 aliphatic heterocycles. The molecule has 1 aromatic rings. The van der Waals surface area contributed by atoms with Crippen LogP contribution in [-0.2, 0) is 4.79 Å². The normalized spacial score (nSPS) is 10.3. The number of carbonyl (C=O) groups is 2. The number of nitrogens with one attached hydrogen (secondary N) is 1. The topological polar surface area (TPSA) is 79.3 Å². The summed E-state index contributed by atoms with van der Waals surface area (Å²) in [6.07, 6.45) is 2.07. The van der Waals surface area contributed by atoms with Gasteiger partial charge >= 0.3 is 5.97 Å². The van der Waals surface area contributed by atoms with E-state index in [1.165, 1.54) is 18.3 Å². The zero-order valence-electron chi connectivity index (χ0n) is 10.8. The van der Waals surface area contributed by atoms with Crippen LogP contribution in [0.1, 0.15) is 37.0 Å². The van der Waals surface area contributed by atoms with Crippen molar-refractivity contribution in [3.63, 3.8) is 0 Å². The van der Waals surface area contributed by atoms with Gasteiger partial charge in [-0.25, -0.2) is 9.78 Å². The molecule has 102 valence electrons. The van der Waals surface area contributed by atoms with Gasteiger partial charge in [0.05, 0.1) is 5.56 Å². The summed E-state index contributed by atoms with van der Waals surface area (Å²) in [7, 11) is 0. The molecule has 2 N–H and O–H groups in total. The minimum Gasteiger partial charge on any atom is -0.478 e. The molecule has 1 aromatic heterocycles. The van der Waals surface area contributed by atoms with Gasteiger partial charge in [-0.1, -0.05) is 26.1 Å². The van der Waals surface area contributed by atoms with Crippen molar-refractivity contribution in [1.29, 1.82) is 0 Å². The first-order valence-electron chi connectivity index (χ1n) is 5.92. The molecule has 0 bridgehead atoms. The molecule has 1 rings (SSSR count). The number of amides is 1. The maximum Gasteiger partial charge on any atom is 0.337 e. The third-order valence-electron chi connectivity index (χ3n) is 2.52. The lowest BCUT2D eigenvalue weighted by atomic mass is 10.1. The number of hydrogen-bond donors (Lipinski definition) is 2. The molecular weight excluding hydrogens is 264 g/mol. The lowest BCUT2D eigenvalue weighted by Crippen LogP contribution is -2.15. The number of anilines is 1. The van der Waals surface area contributed by atoms with Gasteiger partial charge < -0.3 is 10.4 Å². The Bertz CT molecular complexity index is 483. The number of carboxylic acids is 1. The van der Waals surface area contributed by atoms with E-state index in [9.17, 15) is 9.59 Å². The highest BCUT2D eigenvalue weighted by molar-refractivity contribution is 7.80. The highest BCUT2D eigenvalue weighted by Crippen LogP contribution is 2.08. The number of carbonyl (C=O) groups excluding carboxylic acids is 1. The SMILES string of the molecule is CC(C)C(=S)CCC(=O)Nc1ccc(C(=O)O)cn1. The van der Waals surface area contributed by atoms with E-state index in [0.717, 1.165) is 4.86 Å². The minimum absolute atomic E-state index is 0.0824. The lowest BCUT2D eigenvalue weighted by Gasteiger charge is -2.07. The second kappa shape index (κ2) is 6.94. The Morgan fingerprint density at radius 1 is 1.37 bits per heavy atom. The third-order valence-corrected chi connectivity index (χ3v) is 3.20. The number of rotatable bonds is 6. The number of aromatic carboxylic acids is 1. The minimum atomic E-state index is -1.05. The van der Waals surface area contributed by atoms with Crippen molar-refractivity contribution in [3.8, 4) is 0 Å². The summed E-state index contributed by atoms with van der Waals surface area (Å²) in [5, 5.41) is 11.3. The first-order valence-corrected chi connectivity index (χ1v) is 6.33. The van der Waals surface area contributed by atoms with E-state index in [2.05, 4.69) is 10.3 Å². The van der Waals surface area contributed by atoms with E-state index in [1.807, 2.05) is 13.8 Å². The number of aromatic nitrogens is 1. The largest absolute Gasteiger partial charge is 0.478 e. The molecule has 1 amide bonds. The molecule has 0 unspecified atom stereocenters. The van der Waals surface area contributed by atoms with Crippen LogP contribution in [0.5, 0.6) is 0 Å². The van der Waals surface area contributed by atoms with Crippen molar-refractivity contribution in [3.05, 3.63) is 23.9 Å². The maximum atomic E-state index is 11.6. The van der Waals surface area contributed by atoms with Gasteiger partial charge in [0, 0.05) is 12.6 Å². The summed E-state index contributed by atoms with van der Waals surface area (Å²) in [5.41, 5.74) is 0.0824. The Kier molecular flexibility index (Phi) is 5.57. The summed E-state index contributed by atoms with van der Waals surface area (Å²) < 4.78 is 0. The lowest BCUT2D eigenvalue weighted by molar-refractivity contribution is -0.116. The Hall–Kier alpha value is -1.82. The quantitative estimate of drug-likeness (QED) is 0.783. The Balaban J connectivity index is 2.48. The number of thiocarbonyl (C=S) groups is 1. The molecule has 0 fully saturated rings. The van der Waals surface area contributed by atoms with Crippen LogP contribution in [0.3, 0.4) is 0 Å². The standard InChI is InChI=1S/C13H16N2O3S/c1-8(2)10(19)4-6-12(16)15-11-5-3-9(7-14-11)13(17)18/h3,5,7-8H,4,6H2,1-2H3,(H,17,18)(H,14,15,16). The third kappa shape index (κ3) is 5.13. The van der Waals surface area contributed by atoms with Crippen molar-refractivity contribution >= 4 is 34.8 Å². The molecule has 0 saturated carbocycles. The second-order valence-electron chi connectivity index (χ2n) is 4.41. The zero-order chi connectivity index (χ0) is 14.4. The molecule has 0 spiro atoms. The van der Waals surface area contributed by atoms with Crippen molar-refractivity contribution in [1.82, 2.24) is 4.98 Å². The highest BCUT2D eigenvalue weighted by atomic mass is 32.1. The summed E-state index contributed by atoms with van der Waals surface area (Å²) in [6.45, 7) is 3.98. The van der Waals surface area contributed by atoms with E-state index in [4.69, 9.17) is 17.3 Å². The van der Waals surface area contributed by atoms with Gasteiger partial charge in [-0.05, 0) is 29.3 Å². The van der Waals surface area contributed by atoms with Crippen LogP contribution in [0.25, 0.3) is 0 Å². The summed E-state index contributed by atoms with van der Waals surface area (Å²) in [5.74, 6) is -0.604. The summed E-state index contributed by atoms with van der Waals surface area (Å²) >= 11 is 5.15. The van der Waals surface area contributed by atoms with Crippen LogP contribution in [0.4, 0.5) is 5.82 Å². The molecular formula is C13H16N2O3S. The van der Waals surface area contributed by atoms with Crippen LogP contribution in [0.2, 0.25) is 0 Å². The van der Waals surface area contributed by atoms with Crippen LogP contribution in [-0.4, -0.2) is 26.8 Å².